The summed E-state index contributed by atoms with van der Waals surface area (Å²) in [5.74, 6) is 0.933. The molecular formula is C11H19N3. The maximum atomic E-state index is 4.22. The Balaban J connectivity index is 2.40. The Hall–Kier alpha value is -0.960. The molecule has 0 saturated heterocycles. The highest BCUT2D eigenvalue weighted by Gasteiger charge is 2.06. The molecular weight excluding hydrogens is 174 g/mol. The number of rotatable bonds is 6. The van der Waals surface area contributed by atoms with E-state index in [2.05, 4.69) is 29.1 Å². The molecule has 0 radical (unpaired) electrons. The summed E-state index contributed by atoms with van der Waals surface area (Å²) in [6, 6.07) is 2.36. The molecule has 3 heteroatoms. The molecule has 0 spiro atoms. The second-order valence-electron chi connectivity index (χ2n) is 3.43. The van der Waals surface area contributed by atoms with Crippen LogP contribution in [0.5, 0.6) is 0 Å². The lowest BCUT2D eigenvalue weighted by Crippen LogP contribution is -2.31. The predicted octanol–water partition coefficient (Wildman–Crippen LogP) is 1.80. The van der Waals surface area contributed by atoms with E-state index in [1.807, 2.05) is 6.07 Å². The van der Waals surface area contributed by atoms with Gasteiger partial charge in [0, 0.05) is 24.9 Å². The monoisotopic (exact) mass is 193 g/mol. The van der Waals surface area contributed by atoms with Crippen LogP contribution in [0.1, 0.15) is 32.5 Å². The molecule has 0 aromatic carbocycles. The molecule has 1 atom stereocenters. The summed E-state index contributed by atoms with van der Waals surface area (Å²) in [5.41, 5.74) is 0. The van der Waals surface area contributed by atoms with Crippen LogP contribution in [-0.4, -0.2) is 22.6 Å². The van der Waals surface area contributed by atoms with Gasteiger partial charge in [0.2, 0.25) is 0 Å². The van der Waals surface area contributed by atoms with Crippen molar-refractivity contribution in [3.63, 3.8) is 0 Å². The summed E-state index contributed by atoms with van der Waals surface area (Å²) in [6.07, 6.45) is 6.82. The summed E-state index contributed by atoms with van der Waals surface area (Å²) in [5, 5.41) is 3.49. The molecule has 1 rings (SSSR count). The summed E-state index contributed by atoms with van der Waals surface area (Å²) in [6.45, 7) is 5.44. The third kappa shape index (κ3) is 3.83. The van der Waals surface area contributed by atoms with Gasteiger partial charge < -0.3 is 5.32 Å². The molecule has 0 aliphatic carbocycles. The highest BCUT2D eigenvalue weighted by Crippen LogP contribution is 1.99. The molecule has 0 amide bonds. The minimum absolute atomic E-state index is 0.511. The molecule has 0 aliphatic heterocycles. The van der Waals surface area contributed by atoms with E-state index in [1.165, 1.54) is 6.42 Å². The van der Waals surface area contributed by atoms with Crippen LogP contribution in [0.4, 0.5) is 0 Å². The second-order valence-corrected chi connectivity index (χ2v) is 3.43. The van der Waals surface area contributed by atoms with Gasteiger partial charge in [0.05, 0.1) is 0 Å². The maximum absolute atomic E-state index is 4.22. The second kappa shape index (κ2) is 6.49. The summed E-state index contributed by atoms with van der Waals surface area (Å²) >= 11 is 0. The van der Waals surface area contributed by atoms with Crippen molar-refractivity contribution in [2.45, 2.75) is 39.2 Å². The molecule has 1 aromatic rings. The van der Waals surface area contributed by atoms with Gasteiger partial charge in [-0.2, -0.15) is 0 Å². The average molecular weight is 193 g/mol. The summed E-state index contributed by atoms with van der Waals surface area (Å²) < 4.78 is 0. The molecule has 1 N–H and O–H groups in total. The fraction of sp³-hybridized carbons (Fsp3) is 0.636. The van der Waals surface area contributed by atoms with E-state index in [9.17, 15) is 0 Å². The van der Waals surface area contributed by atoms with Gasteiger partial charge in [0.25, 0.3) is 0 Å². The highest BCUT2D eigenvalue weighted by atomic mass is 14.9. The van der Waals surface area contributed by atoms with E-state index < -0.39 is 0 Å². The van der Waals surface area contributed by atoms with Crippen LogP contribution in [-0.2, 0) is 6.42 Å². The Bertz CT molecular complexity index is 236. The highest BCUT2D eigenvalue weighted by molar-refractivity contribution is 4.91. The van der Waals surface area contributed by atoms with Crippen LogP contribution >= 0.6 is 0 Å². The zero-order valence-electron chi connectivity index (χ0n) is 9.03. The number of hydrogen-bond donors (Lipinski definition) is 1. The first kappa shape index (κ1) is 11.1. The lowest BCUT2D eigenvalue weighted by molar-refractivity contribution is 0.485. The molecule has 1 unspecified atom stereocenters. The average Bonchev–Trinajstić information content (AvgIpc) is 2.25. The lowest BCUT2D eigenvalue weighted by atomic mass is 10.1. The van der Waals surface area contributed by atoms with Crippen LogP contribution in [0.3, 0.4) is 0 Å². The van der Waals surface area contributed by atoms with Gasteiger partial charge in [0.15, 0.2) is 0 Å². The van der Waals surface area contributed by atoms with E-state index in [-0.39, 0.29) is 0 Å². The number of nitrogens with zero attached hydrogens (tertiary/aromatic N) is 2. The fourth-order valence-electron chi connectivity index (χ4n) is 1.37. The van der Waals surface area contributed by atoms with Crippen LogP contribution in [0, 0.1) is 0 Å². The predicted molar refractivity (Wildman–Crippen MR) is 58.1 cm³/mol. The first-order valence-electron chi connectivity index (χ1n) is 5.36. The van der Waals surface area contributed by atoms with Gasteiger partial charge in [-0.25, -0.2) is 9.97 Å². The normalized spacial score (nSPS) is 12.7. The molecule has 0 bridgehead atoms. The first-order valence-corrected chi connectivity index (χ1v) is 5.36. The van der Waals surface area contributed by atoms with E-state index >= 15 is 0 Å². The molecule has 14 heavy (non-hydrogen) atoms. The quantitative estimate of drug-likeness (QED) is 0.748. The number of hydrogen-bond acceptors (Lipinski definition) is 3. The van der Waals surface area contributed by atoms with Crippen molar-refractivity contribution < 1.29 is 0 Å². The standard InChI is InChI=1S/C11H19N3/c1-3-6-12-10(4-2)9-11-13-7-5-8-14-11/h5,7-8,10,12H,3-4,6,9H2,1-2H3. The van der Waals surface area contributed by atoms with Crippen LogP contribution in [0.2, 0.25) is 0 Å². The zero-order chi connectivity index (χ0) is 10.2. The minimum Gasteiger partial charge on any atom is -0.314 e. The van der Waals surface area contributed by atoms with Gasteiger partial charge >= 0.3 is 0 Å². The van der Waals surface area contributed by atoms with Crippen LogP contribution < -0.4 is 5.32 Å². The maximum Gasteiger partial charge on any atom is 0.129 e. The Morgan fingerprint density at radius 2 is 2.00 bits per heavy atom. The third-order valence-corrected chi connectivity index (χ3v) is 2.22. The molecule has 0 saturated carbocycles. The van der Waals surface area contributed by atoms with Crippen molar-refractivity contribution in [3.8, 4) is 0 Å². The third-order valence-electron chi connectivity index (χ3n) is 2.22. The Kier molecular flexibility index (Phi) is 5.15. The Labute approximate surface area is 86.0 Å². The lowest BCUT2D eigenvalue weighted by Gasteiger charge is -2.14. The minimum atomic E-state index is 0.511. The molecule has 1 heterocycles. The van der Waals surface area contributed by atoms with Gasteiger partial charge in [-0.1, -0.05) is 13.8 Å². The van der Waals surface area contributed by atoms with Crippen LogP contribution in [0.15, 0.2) is 18.5 Å². The zero-order valence-corrected chi connectivity index (χ0v) is 9.03. The number of aromatic nitrogens is 2. The molecule has 1 aromatic heterocycles. The van der Waals surface area contributed by atoms with Crippen LogP contribution in [0.25, 0.3) is 0 Å². The van der Waals surface area contributed by atoms with Gasteiger partial charge in [-0.05, 0) is 25.5 Å². The molecule has 0 fully saturated rings. The Morgan fingerprint density at radius 3 is 2.57 bits per heavy atom. The fourth-order valence-corrected chi connectivity index (χ4v) is 1.37. The smallest absolute Gasteiger partial charge is 0.129 e. The SMILES string of the molecule is CCCNC(CC)Cc1ncccn1. The van der Waals surface area contributed by atoms with Crippen molar-refractivity contribution in [3.05, 3.63) is 24.3 Å². The van der Waals surface area contributed by atoms with Gasteiger partial charge in [-0.3, -0.25) is 0 Å². The summed E-state index contributed by atoms with van der Waals surface area (Å²) in [7, 11) is 0. The first-order chi connectivity index (χ1) is 6.86. The van der Waals surface area contributed by atoms with Crippen molar-refractivity contribution in [2.24, 2.45) is 0 Å². The topological polar surface area (TPSA) is 37.8 Å². The number of nitrogens with one attached hydrogen (secondary N) is 1. The molecule has 3 nitrogen and oxygen atoms in total. The van der Waals surface area contributed by atoms with Crippen molar-refractivity contribution in [1.82, 2.24) is 15.3 Å². The van der Waals surface area contributed by atoms with E-state index in [0.29, 0.717) is 6.04 Å². The molecule has 0 aliphatic rings. The van der Waals surface area contributed by atoms with Crippen molar-refractivity contribution in [2.75, 3.05) is 6.54 Å². The van der Waals surface area contributed by atoms with Crippen molar-refractivity contribution in [1.29, 1.82) is 0 Å². The van der Waals surface area contributed by atoms with E-state index in [4.69, 9.17) is 0 Å². The molecule has 78 valence electrons. The van der Waals surface area contributed by atoms with Gasteiger partial charge in [0.1, 0.15) is 5.82 Å². The van der Waals surface area contributed by atoms with E-state index in [1.54, 1.807) is 12.4 Å². The van der Waals surface area contributed by atoms with E-state index in [0.717, 1.165) is 25.2 Å². The van der Waals surface area contributed by atoms with Crippen molar-refractivity contribution >= 4 is 0 Å². The van der Waals surface area contributed by atoms with Gasteiger partial charge in [-0.15, -0.1) is 0 Å². The Morgan fingerprint density at radius 1 is 1.29 bits per heavy atom. The largest absolute Gasteiger partial charge is 0.314 e. The summed E-state index contributed by atoms with van der Waals surface area (Å²) in [4.78, 5) is 8.45.